The average Bonchev–Trinajstić information content (AvgIpc) is 2.71. The van der Waals surface area contributed by atoms with Gasteiger partial charge in [-0.05, 0) is 53.7 Å². The van der Waals surface area contributed by atoms with Crippen molar-refractivity contribution in [3.8, 4) is 17.0 Å². The fourth-order valence-corrected chi connectivity index (χ4v) is 2.36. The van der Waals surface area contributed by atoms with E-state index in [9.17, 15) is 0 Å². The van der Waals surface area contributed by atoms with Gasteiger partial charge in [-0.1, -0.05) is 0 Å². The number of benzene rings is 1. The molecule has 0 aliphatic rings. The summed E-state index contributed by atoms with van der Waals surface area (Å²) in [6.45, 7) is 2.78. The van der Waals surface area contributed by atoms with Gasteiger partial charge in [-0.2, -0.15) is 0 Å². The standard InChI is InChI=1S/C13H16BrN3O/c1-8-6-9(4-5-11(8)18-3)12-10(7-15-2)16-13(14)17-12/h4-6,15H,7H2,1-3H3,(H,16,17). The first-order valence-corrected chi connectivity index (χ1v) is 6.49. The van der Waals surface area contributed by atoms with Gasteiger partial charge in [-0.3, -0.25) is 0 Å². The Hall–Kier alpha value is -1.33. The summed E-state index contributed by atoms with van der Waals surface area (Å²) < 4.78 is 6.02. The zero-order valence-corrected chi connectivity index (χ0v) is 12.3. The molecule has 96 valence electrons. The predicted molar refractivity (Wildman–Crippen MR) is 75.8 cm³/mol. The fraction of sp³-hybridized carbons (Fsp3) is 0.308. The van der Waals surface area contributed by atoms with Gasteiger partial charge in [0.05, 0.1) is 18.5 Å². The molecule has 0 saturated heterocycles. The molecule has 0 radical (unpaired) electrons. The van der Waals surface area contributed by atoms with E-state index in [2.05, 4.69) is 37.3 Å². The number of imidazole rings is 1. The van der Waals surface area contributed by atoms with Crippen LogP contribution in [0.5, 0.6) is 5.75 Å². The Morgan fingerprint density at radius 3 is 2.83 bits per heavy atom. The SMILES string of the molecule is CNCc1[nH]c(Br)nc1-c1ccc(OC)c(C)c1. The van der Waals surface area contributed by atoms with Gasteiger partial charge in [-0.15, -0.1) is 0 Å². The van der Waals surface area contributed by atoms with Crippen LogP contribution in [-0.4, -0.2) is 24.1 Å². The van der Waals surface area contributed by atoms with Crippen molar-refractivity contribution in [2.75, 3.05) is 14.2 Å². The molecule has 0 spiro atoms. The van der Waals surface area contributed by atoms with Crippen LogP contribution < -0.4 is 10.1 Å². The van der Waals surface area contributed by atoms with Crippen LogP contribution >= 0.6 is 15.9 Å². The van der Waals surface area contributed by atoms with Gasteiger partial charge in [0.25, 0.3) is 0 Å². The van der Waals surface area contributed by atoms with Crippen molar-refractivity contribution in [2.45, 2.75) is 13.5 Å². The summed E-state index contributed by atoms with van der Waals surface area (Å²) in [4.78, 5) is 7.68. The second-order valence-corrected chi connectivity index (χ2v) is 4.82. The highest BCUT2D eigenvalue weighted by molar-refractivity contribution is 9.10. The summed E-state index contributed by atoms with van der Waals surface area (Å²) >= 11 is 3.38. The number of hydrogen-bond donors (Lipinski definition) is 2. The van der Waals surface area contributed by atoms with E-state index in [-0.39, 0.29) is 0 Å². The first kappa shape index (κ1) is 13.1. The first-order chi connectivity index (χ1) is 8.65. The lowest BCUT2D eigenvalue weighted by Gasteiger charge is -2.07. The van der Waals surface area contributed by atoms with E-state index < -0.39 is 0 Å². The Bertz CT molecular complexity index is 551. The maximum absolute atomic E-state index is 5.27. The van der Waals surface area contributed by atoms with E-state index in [0.29, 0.717) is 0 Å². The van der Waals surface area contributed by atoms with Crippen molar-refractivity contribution < 1.29 is 4.74 Å². The van der Waals surface area contributed by atoms with Crippen LogP contribution in [0.4, 0.5) is 0 Å². The molecule has 0 bridgehead atoms. The summed E-state index contributed by atoms with van der Waals surface area (Å²) in [5.41, 5.74) is 4.21. The summed E-state index contributed by atoms with van der Waals surface area (Å²) in [7, 11) is 3.59. The van der Waals surface area contributed by atoms with Gasteiger partial charge in [0.2, 0.25) is 0 Å². The van der Waals surface area contributed by atoms with Crippen molar-refractivity contribution in [1.29, 1.82) is 0 Å². The van der Waals surface area contributed by atoms with Gasteiger partial charge in [0.15, 0.2) is 4.73 Å². The monoisotopic (exact) mass is 309 g/mol. The number of methoxy groups -OCH3 is 1. The highest BCUT2D eigenvalue weighted by Gasteiger charge is 2.11. The Morgan fingerprint density at radius 1 is 1.44 bits per heavy atom. The summed E-state index contributed by atoms with van der Waals surface area (Å²) in [5, 5.41) is 3.13. The van der Waals surface area contributed by atoms with Crippen molar-refractivity contribution in [1.82, 2.24) is 15.3 Å². The van der Waals surface area contributed by atoms with E-state index in [1.54, 1.807) is 7.11 Å². The van der Waals surface area contributed by atoms with Crippen LogP contribution in [0.15, 0.2) is 22.9 Å². The molecule has 1 heterocycles. The zero-order valence-electron chi connectivity index (χ0n) is 10.7. The first-order valence-electron chi connectivity index (χ1n) is 5.69. The maximum Gasteiger partial charge on any atom is 0.175 e. The van der Waals surface area contributed by atoms with Gasteiger partial charge >= 0.3 is 0 Å². The van der Waals surface area contributed by atoms with Crippen molar-refractivity contribution in [2.24, 2.45) is 0 Å². The summed E-state index contributed by atoms with van der Waals surface area (Å²) in [5.74, 6) is 0.892. The van der Waals surface area contributed by atoms with Crippen LogP contribution in [-0.2, 0) is 6.54 Å². The minimum absolute atomic E-state index is 0.747. The van der Waals surface area contributed by atoms with Gasteiger partial charge < -0.3 is 15.0 Å². The van der Waals surface area contributed by atoms with Crippen molar-refractivity contribution in [3.05, 3.63) is 34.2 Å². The van der Waals surface area contributed by atoms with Crippen LogP contribution in [0.3, 0.4) is 0 Å². The fourth-order valence-electron chi connectivity index (χ4n) is 1.95. The number of H-pyrrole nitrogens is 1. The third kappa shape index (κ3) is 2.57. The van der Waals surface area contributed by atoms with E-state index in [4.69, 9.17) is 4.74 Å². The van der Waals surface area contributed by atoms with Crippen LogP contribution in [0.2, 0.25) is 0 Å². The normalized spacial score (nSPS) is 10.7. The van der Waals surface area contributed by atoms with Crippen LogP contribution in [0, 0.1) is 6.92 Å². The molecular formula is C13H16BrN3O. The van der Waals surface area contributed by atoms with E-state index in [1.807, 2.05) is 26.1 Å². The molecule has 0 fully saturated rings. The minimum Gasteiger partial charge on any atom is -0.496 e. The number of hydrogen-bond acceptors (Lipinski definition) is 3. The Kier molecular flexibility index (Phi) is 4.04. The minimum atomic E-state index is 0.747. The lowest BCUT2D eigenvalue weighted by molar-refractivity contribution is 0.412. The number of rotatable bonds is 4. The molecule has 0 aliphatic carbocycles. The Morgan fingerprint density at radius 2 is 2.22 bits per heavy atom. The zero-order chi connectivity index (χ0) is 13.1. The molecule has 2 rings (SSSR count). The lowest BCUT2D eigenvalue weighted by Crippen LogP contribution is -2.06. The summed E-state index contributed by atoms with van der Waals surface area (Å²) in [6.07, 6.45) is 0. The molecule has 0 amide bonds. The van der Waals surface area contributed by atoms with E-state index in [0.717, 1.165) is 39.5 Å². The average molecular weight is 310 g/mol. The molecule has 0 aliphatic heterocycles. The smallest absolute Gasteiger partial charge is 0.175 e. The van der Waals surface area contributed by atoms with Crippen molar-refractivity contribution >= 4 is 15.9 Å². The number of aromatic amines is 1. The second-order valence-electron chi connectivity index (χ2n) is 4.07. The van der Waals surface area contributed by atoms with Gasteiger partial charge in [0.1, 0.15) is 5.75 Å². The van der Waals surface area contributed by atoms with Crippen LogP contribution in [0.1, 0.15) is 11.3 Å². The number of nitrogens with zero attached hydrogens (tertiary/aromatic N) is 1. The molecule has 1 aromatic heterocycles. The van der Waals surface area contributed by atoms with E-state index in [1.165, 1.54) is 0 Å². The molecular weight excluding hydrogens is 294 g/mol. The summed E-state index contributed by atoms with van der Waals surface area (Å²) in [6, 6.07) is 6.07. The molecule has 0 atom stereocenters. The number of halogens is 1. The molecule has 0 unspecified atom stereocenters. The molecule has 2 N–H and O–H groups in total. The molecule has 1 aromatic carbocycles. The molecule has 18 heavy (non-hydrogen) atoms. The largest absolute Gasteiger partial charge is 0.496 e. The van der Waals surface area contributed by atoms with Crippen molar-refractivity contribution in [3.63, 3.8) is 0 Å². The van der Waals surface area contributed by atoms with Gasteiger partial charge in [-0.25, -0.2) is 4.98 Å². The second kappa shape index (κ2) is 5.54. The third-order valence-electron chi connectivity index (χ3n) is 2.77. The van der Waals surface area contributed by atoms with Crippen LogP contribution in [0.25, 0.3) is 11.3 Å². The Balaban J connectivity index is 2.44. The number of ether oxygens (including phenoxy) is 1. The Labute approximate surface area is 115 Å². The number of aromatic nitrogens is 2. The number of nitrogens with one attached hydrogen (secondary N) is 2. The highest BCUT2D eigenvalue weighted by Crippen LogP contribution is 2.28. The van der Waals surface area contributed by atoms with E-state index >= 15 is 0 Å². The highest BCUT2D eigenvalue weighted by atomic mass is 79.9. The van der Waals surface area contributed by atoms with Gasteiger partial charge in [0, 0.05) is 12.1 Å². The predicted octanol–water partition coefficient (Wildman–Crippen LogP) is 2.88. The quantitative estimate of drug-likeness (QED) is 0.913. The molecule has 4 nitrogen and oxygen atoms in total. The maximum atomic E-state index is 5.27. The third-order valence-corrected chi connectivity index (χ3v) is 3.15. The molecule has 0 saturated carbocycles. The molecule has 2 aromatic rings. The lowest BCUT2D eigenvalue weighted by atomic mass is 10.1. The topological polar surface area (TPSA) is 49.9 Å². The number of aryl methyl sites for hydroxylation is 1. The molecule has 5 heteroatoms.